The minimum absolute atomic E-state index is 0.589. The molecule has 104 valence electrons. The van der Waals surface area contributed by atoms with Gasteiger partial charge in [0.25, 0.3) is 0 Å². The number of hydrogen-bond donors (Lipinski definition) is 1. The molecular formula is C10H21ClO4S2. The third-order valence-corrected chi connectivity index (χ3v) is 4.04. The Morgan fingerprint density at radius 1 is 0.941 bits per heavy atom. The van der Waals surface area contributed by atoms with E-state index < -0.39 is 10.4 Å². The third kappa shape index (κ3) is 16.5. The Hall–Kier alpha value is 0.510. The third-order valence-electron chi connectivity index (χ3n) is 2.25. The van der Waals surface area contributed by atoms with Crippen LogP contribution in [0.25, 0.3) is 0 Å². The zero-order chi connectivity index (χ0) is 13.0. The lowest BCUT2D eigenvalue weighted by Crippen LogP contribution is -1.97. The van der Waals surface area contributed by atoms with E-state index in [2.05, 4.69) is 3.63 Å². The summed E-state index contributed by atoms with van der Waals surface area (Å²) in [5, 5.41) is 0. The van der Waals surface area contributed by atoms with Crippen LogP contribution < -0.4 is 0 Å². The summed E-state index contributed by atoms with van der Waals surface area (Å²) < 4.78 is 32.8. The molecule has 0 rings (SSSR count). The Morgan fingerprint density at radius 2 is 1.41 bits per heavy atom. The van der Waals surface area contributed by atoms with Crippen LogP contribution in [-0.2, 0) is 14.0 Å². The molecule has 1 N–H and O–H groups in total. The smallest absolute Gasteiger partial charge is 0.263 e. The van der Waals surface area contributed by atoms with Gasteiger partial charge < -0.3 is 0 Å². The van der Waals surface area contributed by atoms with Crippen LogP contribution in [0.1, 0.15) is 51.4 Å². The van der Waals surface area contributed by atoms with Crippen molar-refractivity contribution in [1.29, 1.82) is 0 Å². The van der Waals surface area contributed by atoms with E-state index in [-0.39, 0.29) is 0 Å². The first kappa shape index (κ1) is 17.5. The highest BCUT2D eigenvalue weighted by Crippen LogP contribution is 2.13. The maximum atomic E-state index is 10.2. The lowest BCUT2D eigenvalue weighted by Gasteiger charge is -2.01. The van der Waals surface area contributed by atoms with Crippen molar-refractivity contribution in [3.63, 3.8) is 0 Å². The van der Waals surface area contributed by atoms with E-state index in [4.69, 9.17) is 16.2 Å². The predicted octanol–water partition coefficient (Wildman–Crippen LogP) is 3.81. The molecule has 0 spiro atoms. The van der Waals surface area contributed by atoms with Crippen molar-refractivity contribution in [2.45, 2.75) is 51.4 Å². The Kier molecular flexibility index (Phi) is 11.9. The van der Waals surface area contributed by atoms with Crippen molar-refractivity contribution in [2.75, 3.05) is 11.6 Å². The summed E-state index contributed by atoms with van der Waals surface area (Å²) in [7, 11) is -4.28. The van der Waals surface area contributed by atoms with Gasteiger partial charge in [0, 0.05) is 23.7 Å². The van der Waals surface area contributed by atoms with Gasteiger partial charge in [-0.15, -0.1) is 11.6 Å². The monoisotopic (exact) mass is 304 g/mol. The molecule has 7 heteroatoms. The normalized spacial score (nSPS) is 11.9. The van der Waals surface area contributed by atoms with Crippen molar-refractivity contribution in [1.82, 2.24) is 0 Å². The molecule has 0 aliphatic heterocycles. The molecule has 0 aliphatic carbocycles. The zero-order valence-electron chi connectivity index (χ0n) is 9.94. The summed E-state index contributed by atoms with van der Waals surface area (Å²) in [4.78, 5) is 0. The molecule has 0 aliphatic rings. The van der Waals surface area contributed by atoms with Crippen LogP contribution in [0.2, 0.25) is 0 Å². The number of hydrogen-bond acceptors (Lipinski definition) is 4. The average Bonchev–Trinajstić information content (AvgIpc) is 2.24. The number of unbranched alkanes of at least 4 members (excludes halogenated alkanes) is 7. The van der Waals surface area contributed by atoms with Gasteiger partial charge in [-0.2, -0.15) is 12.0 Å². The van der Waals surface area contributed by atoms with Gasteiger partial charge in [0.1, 0.15) is 0 Å². The van der Waals surface area contributed by atoms with Crippen molar-refractivity contribution in [2.24, 2.45) is 0 Å². The minimum Gasteiger partial charge on any atom is -0.263 e. The van der Waals surface area contributed by atoms with Crippen LogP contribution in [0.3, 0.4) is 0 Å². The molecule has 0 saturated heterocycles. The summed E-state index contributed by atoms with van der Waals surface area (Å²) >= 11 is 6.35. The highest BCUT2D eigenvalue weighted by Gasteiger charge is 2.03. The van der Waals surface area contributed by atoms with Gasteiger partial charge in [-0.25, -0.2) is 0 Å². The lowest BCUT2D eigenvalue weighted by molar-refractivity contribution is 0.407. The first-order valence-electron chi connectivity index (χ1n) is 5.91. The molecule has 0 unspecified atom stereocenters. The molecular weight excluding hydrogens is 284 g/mol. The van der Waals surface area contributed by atoms with Crippen LogP contribution in [0.4, 0.5) is 0 Å². The summed E-state index contributed by atoms with van der Waals surface area (Å²) in [5.74, 6) is 1.34. The zero-order valence-corrected chi connectivity index (χ0v) is 12.3. The van der Waals surface area contributed by atoms with Crippen LogP contribution in [0.15, 0.2) is 0 Å². The fourth-order valence-corrected chi connectivity index (χ4v) is 2.68. The molecule has 4 nitrogen and oxygen atoms in total. The van der Waals surface area contributed by atoms with E-state index in [0.717, 1.165) is 43.6 Å². The summed E-state index contributed by atoms with van der Waals surface area (Å²) in [6, 6.07) is 0. The quantitative estimate of drug-likeness (QED) is 0.257. The Balaban J connectivity index is 3.04. The lowest BCUT2D eigenvalue weighted by atomic mass is 10.1. The largest absolute Gasteiger partial charge is 0.408 e. The molecule has 0 fully saturated rings. The highest BCUT2D eigenvalue weighted by atomic mass is 35.5. The van der Waals surface area contributed by atoms with E-state index in [1.807, 2.05) is 0 Å². The molecule has 0 bridgehead atoms. The van der Waals surface area contributed by atoms with Gasteiger partial charge >= 0.3 is 10.4 Å². The van der Waals surface area contributed by atoms with Gasteiger partial charge in [-0.1, -0.05) is 38.5 Å². The van der Waals surface area contributed by atoms with Crippen molar-refractivity contribution in [3.8, 4) is 0 Å². The molecule has 0 radical (unpaired) electrons. The van der Waals surface area contributed by atoms with Gasteiger partial charge in [0.15, 0.2) is 0 Å². The summed E-state index contributed by atoms with van der Waals surface area (Å²) in [6.07, 6.45) is 9.14. The van der Waals surface area contributed by atoms with Gasteiger partial charge in [0.2, 0.25) is 0 Å². The topological polar surface area (TPSA) is 63.6 Å². The number of halogens is 1. The second kappa shape index (κ2) is 11.6. The molecule has 0 aromatic rings. The first-order valence-corrected chi connectivity index (χ1v) is 8.72. The number of alkyl halides is 1. The van der Waals surface area contributed by atoms with E-state index in [9.17, 15) is 8.42 Å². The van der Waals surface area contributed by atoms with Gasteiger partial charge in [0.05, 0.1) is 0 Å². The van der Waals surface area contributed by atoms with E-state index in [0.29, 0.717) is 5.75 Å². The Bertz CT molecular complexity index is 257. The maximum Gasteiger partial charge on any atom is 0.408 e. The SMILES string of the molecule is O=S(=O)(O)OSCCCCCCCCCCCl. The van der Waals surface area contributed by atoms with Crippen molar-refractivity contribution >= 4 is 34.0 Å². The molecule has 0 heterocycles. The maximum absolute atomic E-state index is 10.2. The van der Waals surface area contributed by atoms with E-state index >= 15 is 0 Å². The fraction of sp³-hybridized carbons (Fsp3) is 1.00. The Labute approximate surface area is 114 Å². The highest BCUT2D eigenvalue weighted by molar-refractivity contribution is 8.02. The molecule has 0 atom stereocenters. The van der Waals surface area contributed by atoms with Crippen LogP contribution in [0, 0.1) is 0 Å². The van der Waals surface area contributed by atoms with Gasteiger partial charge in [-0.3, -0.25) is 4.55 Å². The molecule has 0 aromatic carbocycles. The van der Waals surface area contributed by atoms with Crippen LogP contribution in [-0.4, -0.2) is 24.6 Å². The molecule has 0 aromatic heterocycles. The molecule has 0 saturated carbocycles. The molecule has 0 amide bonds. The van der Waals surface area contributed by atoms with E-state index in [1.54, 1.807) is 0 Å². The van der Waals surface area contributed by atoms with Crippen LogP contribution >= 0.6 is 23.6 Å². The second-order valence-corrected chi connectivity index (χ2v) is 6.26. The fourth-order valence-electron chi connectivity index (χ4n) is 1.41. The predicted molar refractivity (Wildman–Crippen MR) is 72.7 cm³/mol. The molecule has 17 heavy (non-hydrogen) atoms. The summed E-state index contributed by atoms with van der Waals surface area (Å²) in [6.45, 7) is 0. The van der Waals surface area contributed by atoms with E-state index in [1.165, 1.54) is 25.7 Å². The Morgan fingerprint density at radius 3 is 1.88 bits per heavy atom. The number of rotatable bonds is 12. The minimum atomic E-state index is -4.28. The first-order chi connectivity index (χ1) is 8.06. The standard InChI is InChI=1S/C10H21ClO4S2/c11-9-7-5-3-1-2-4-6-8-10-16-15-17(12,13)14/h1-10H2,(H,12,13,14). The van der Waals surface area contributed by atoms with Gasteiger partial charge in [-0.05, 0) is 12.8 Å². The van der Waals surface area contributed by atoms with Crippen molar-refractivity contribution < 1.29 is 16.6 Å². The second-order valence-electron chi connectivity index (χ2n) is 3.84. The summed E-state index contributed by atoms with van der Waals surface area (Å²) in [5.41, 5.74) is 0. The average molecular weight is 305 g/mol. The van der Waals surface area contributed by atoms with Crippen LogP contribution in [0.5, 0.6) is 0 Å². The van der Waals surface area contributed by atoms with Crippen molar-refractivity contribution in [3.05, 3.63) is 0 Å².